The molecule has 0 bridgehead atoms. The Kier molecular flexibility index (Phi) is 11.5. The molecule has 2 aliphatic rings. The van der Waals surface area contributed by atoms with E-state index in [0.717, 1.165) is 35.9 Å². The Labute approximate surface area is 268 Å². The fourth-order valence-corrected chi connectivity index (χ4v) is 5.67. The van der Waals surface area contributed by atoms with Crippen LogP contribution in [0.15, 0.2) is 36.5 Å². The molecule has 47 heavy (non-hydrogen) atoms. The summed E-state index contributed by atoms with van der Waals surface area (Å²) in [5.74, 6) is -5.64. The van der Waals surface area contributed by atoms with Crippen molar-refractivity contribution in [1.82, 2.24) is 9.97 Å². The normalized spacial score (nSPS) is 20.2. The number of aliphatic hydroxyl groups is 2. The second-order valence-corrected chi connectivity index (χ2v) is 11.5. The number of nitrogens with one attached hydrogen (secondary N) is 1. The van der Waals surface area contributed by atoms with Gasteiger partial charge in [-0.05, 0) is 49.9 Å². The highest BCUT2D eigenvalue weighted by Gasteiger charge is 2.36. The number of piperidine rings is 1. The topological polar surface area (TPSA) is 199 Å². The van der Waals surface area contributed by atoms with E-state index in [1.807, 2.05) is 11.8 Å². The number of unbranched alkanes of at least 4 members (excludes halogenated alkanes) is 1. The van der Waals surface area contributed by atoms with E-state index in [1.54, 1.807) is 0 Å². The van der Waals surface area contributed by atoms with Crippen LogP contribution in [0.5, 0.6) is 0 Å². The number of benzene rings is 1. The lowest BCUT2D eigenvalue weighted by Gasteiger charge is -2.41. The molecule has 1 fully saturated rings. The molecule has 2 aromatic heterocycles. The van der Waals surface area contributed by atoms with Crippen LogP contribution in [0.3, 0.4) is 0 Å². The fourth-order valence-electron chi connectivity index (χ4n) is 5.67. The van der Waals surface area contributed by atoms with E-state index < -0.39 is 64.8 Å². The van der Waals surface area contributed by atoms with Crippen LogP contribution in [0.2, 0.25) is 0 Å². The number of carboxylic acid groups (broad SMARTS) is 2. The van der Waals surface area contributed by atoms with Gasteiger partial charge in [-0.2, -0.15) is 0 Å². The van der Waals surface area contributed by atoms with Crippen LogP contribution in [0, 0.1) is 23.4 Å². The minimum Gasteiger partial charge on any atom is -0.481 e. The van der Waals surface area contributed by atoms with E-state index in [2.05, 4.69) is 15.3 Å². The molecule has 252 valence electrons. The highest BCUT2D eigenvalue weighted by Crippen LogP contribution is 2.41. The van der Waals surface area contributed by atoms with Crippen molar-refractivity contribution in [3.05, 3.63) is 70.9 Å². The lowest BCUT2D eigenvalue weighted by Crippen LogP contribution is -2.56. The molecular formula is C32H36F3N5O7. The number of carbonyl (C=O) groups excluding carboxylic acids is 1. The van der Waals surface area contributed by atoms with Gasteiger partial charge in [0, 0.05) is 43.5 Å². The van der Waals surface area contributed by atoms with Crippen molar-refractivity contribution in [1.29, 1.82) is 0 Å². The van der Waals surface area contributed by atoms with Gasteiger partial charge in [-0.15, -0.1) is 0 Å². The van der Waals surface area contributed by atoms with Crippen LogP contribution in [0.4, 0.5) is 24.5 Å². The molecule has 0 saturated carbocycles. The number of aromatic nitrogens is 2. The van der Waals surface area contributed by atoms with Crippen molar-refractivity contribution < 1.29 is 48.0 Å². The summed E-state index contributed by atoms with van der Waals surface area (Å²) in [5, 5.41) is 39.7. The van der Waals surface area contributed by atoms with Gasteiger partial charge in [-0.1, -0.05) is 13.0 Å². The molecule has 4 atom stereocenters. The molecule has 3 heterocycles. The largest absolute Gasteiger partial charge is 0.481 e. The zero-order valence-electron chi connectivity index (χ0n) is 25.5. The van der Waals surface area contributed by atoms with Crippen LogP contribution in [0.1, 0.15) is 66.9 Å². The summed E-state index contributed by atoms with van der Waals surface area (Å²) < 4.78 is 43.1. The maximum atomic E-state index is 14.5. The number of rotatable bonds is 9. The number of fused-ring (bicyclic) bond motifs is 1. The average Bonchev–Trinajstić information content (AvgIpc) is 3.39. The summed E-state index contributed by atoms with van der Waals surface area (Å²) in [6, 6.07) is 4.61. The van der Waals surface area contributed by atoms with Crippen molar-refractivity contribution in [2.75, 3.05) is 23.3 Å². The van der Waals surface area contributed by atoms with Crippen LogP contribution in [0.25, 0.3) is 11.3 Å². The summed E-state index contributed by atoms with van der Waals surface area (Å²) in [6.45, 7) is 2.64. The minimum atomic E-state index is -1.01. The molecule has 12 nitrogen and oxygen atoms in total. The molecule has 1 amide bonds. The van der Waals surface area contributed by atoms with E-state index in [-0.39, 0.29) is 24.5 Å². The van der Waals surface area contributed by atoms with E-state index in [9.17, 15) is 37.8 Å². The Morgan fingerprint density at radius 2 is 1.62 bits per heavy atom. The molecule has 1 aromatic carbocycles. The van der Waals surface area contributed by atoms with Gasteiger partial charge in [-0.3, -0.25) is 19.4 Å². The lowest BCUT2D eigenvalue weighted by atomic mass is 9.92. The summed E-state index contributed by atoms with van der Waals surface area (Å²) in [6.07, 6.45) is 2.01. The monoisotopic (exact) mass is 659 g/mol. The number of aliphatic carboxylic acids is 2. The second kappa shape index (κ2) is 15.3. The Hall–Kier alpha value is -4.60. The molecule has 1 aliphatic heterocycles. The third kappa shape index (κ3) is 8.41. The van der Waals surface area contributed by atoms with Crippen molar-refractivity contribution in [2.24, 2.45) is 11.7 Å². The molecule has 1 saturated heterocycles. The molecule has 7 N–H and O–H groups in total. The van der Waals surface area contributed by atoms with Gasteiger partial charge < -0.3 is 36.4 Å². The van der Waals surface area contributed by atoms with Crippen LogP contribution < -0.4 is 16.0 Å². The number of carboxylic acids is 2. The van der Waals surface area contributed by atoms with Crippen LogP contribution in [-0.2, 0) is 16.0 Å². The summed E-state index contributed by atoms with van der Waals surface area (Å²) in [4.78, 5) is 43.2. The zero-order valence-corrected chi connectivity index (χ0v) is 25.5. The van der Waals surface area contributed by atoms with Gasteiger partial charge in [0.25, 0.3) is 5.91 Å². The first kappa shape index (κ1) is 35.3. The predicted octanol–water partition coefficient (Wildman–Crippen LogP) is 3.65. The molecule has 3 aromatic rings. The number of carbonyl (C=O) groups is 3. The predicted molar refractivity (Wildman–Crippen MR) is 164 cm³/mol. The van der Waals surface area contributed by atoms with Crippen LogP contribution >= 0.6 is 0 Å². The Morgan fingerprint density at radius 1 is 0.979 bits per heavy atom. The molecule has 0 radical (unpaired) electrons. The van der Waals surface area contributed by atoms with Crippen molar-refractivity contribution in [3.8, 4) is 11.3 Å². The summed E-state index contributed by atoms with van der Waals surface area (Å²) in [5.41, 5.74) is 6.85. The summed E-state index contributed by atoms with van der Waals surface area (Å²) in [7, 11) is 0. The van der Waals surface area contributed by atoms with Crippen LogP contribution in [-0.4, -0.2) is 73.5 Å². The highest BCUT2D eigenvalue weighted by molar-refractivity contribution is 6.05. The van der Waals surface area contributed by atoms with Gasteiger partial charge >= 0.3 is 11.9 Å². The van der Waals surface area contributed by atoms with E-state index in [4.69, 9.17) is 15.9 Å². The number of hydrogen-bond donors (Lipinski definition) is 6. The number of anilines is 2. The Morgan fingerprint density at radius 3 is 2.21 bits per heavy atom. The highest BCUT2D eigenvalue weighted by atomic mass is 19.1. The van der Waals surface area contributed by atoms with Gasteiger partial charge in [0.1, 0.15) is 28.8 Å². The molecule has 1 unspecified atom stereocenters. The average molecular weight is 660 g/mol. The number of nitrogens with two attached hydrogens (primary N) is 1. The van der Waals surface area contributed by atoms with Crippen molar-refractivity contribution in [3.63, 3.8) is 0 Å². The van der Waals surface area contributed by atoms with E-state index in [0.29, 0.717) is 55.8 Å². The fraction of sp³-hybridized carbons (Fsp3) is 0.406. The quantitative estimate of drug-likeness (QED) is 0.183. The Balaban J connectivity index is 0.000000434. The van der Waals surface area contributed by atoms with Crippen molar-refractivity contribution >= 4 is 29.2 Å². The van der Waals surface area contributed by atoms with Crippen molar-refractivity contribution in [2.45, 2.75) is 63.7 Å². The van der Waals surface area contributed by atoms with E-state index in [1.165, 1.54) is 6.20 Å². The van der Waals surface area contributed by atoms with E-state index >= 15 is 0 Å². The number of aliphatic hydroxyl groups excluding tert-OH is 2. The standard InChI is InChI=1S/C26H26F3N5O3.C6H10O4/c1-12-10-34(11-17(30)25(12)36)24-13-5-8-20(35)22(13)31-9-19(24)33-26(37)18-7-6-16(29)23(32-18)21-14(27)3-2-4-15(21)28;7-5(8)3-1-2-4-6(9)10/h2-4,6-7,9,12,17,20,25,35-36H,5,8,10-11,30H2,1H3,(H,33,37);1-4H2,(H,7,8)(H,9,10)/t12-,17+,20?,25+;/m0./s1. The first-order chi connectivity index (χ1) is 22.3. The maximum absolute atomic E-state index is 14.5. The molecule has 1 aliphatic carbocycles. The molecule has 5 rings (SSSR count). The number of nitrogens with zero attached hydrogens (tertiary/aromatic N) is 3. The molecular weight excluding hydrogens is 623 g/mol. The maximum Gasteiger partial charge on any atom is 0.303 e. The molecule has 0 spiro atoms. The molecule has 15 heteroatoms. The van der Waals surface area contributed by atoms with Gasteiger partial charge in [0.05, 0.1) is 41.0 Å². The first-order valence-corrected chi connectivity index (χ1v) is 15.0. The third-order valence-electron chi connectivity index (χ3n) is 8.00. The second-order valence-electron chi connectivity index (χ2n) is 11.5. The first-order valence-electron chi connectivity index (χ1n) is 15.0. The third-order valence-corrected chi connectivity index (χ3v) is 8.00. The SMILES string of the molecule is C[C@H]1CN(c2c(NC(=O)c3ccc(F)c(-c4c(F)cccc4F)n3)cnc3c2CCC3O)C[C@@H](N)[C@@H]1O.O=C(O)CCCCC(=O)O. The number of hydrogen-bond acceptors (Lipinski definition) is 9. The number of pyridine rings is 2. The van der Waals surface area contributed by atoms with Gasteiger partial charge in [-0.25, -0.2) is 18.2 Å². The van der Waals surface area contributed by atoms with Gasteiger partial charge in [0.15, 0.2) is 0 Å². The zero-order chi connectivity index (χ0) is 34.4. The smallest absolute Gasteiger partial charge is 0.303 e. The Bertz CT molecular complexity index is 1590. The number of halogens is 3. The van der Waals surface area contributed by atoms with Gasteiger partial charge in [0.2, 0.25) is 0 Å². The lowest BCUT2D eigenvalue weighted by molar-refractivity contribution is -0.139. The number of amides is 1. The minimum absolute atomic E-state index is 0.0628. The summed E-state index contributed by atoms with van der Waals surface area (Å²) >= 11 is 0.